The third-order valence-electron chi connectivity index (χ3n) is 3.10. The van der Waals surface area contributed by atoms with Gasteiger partial charge in [0.05, 0.1) is 12.3 Å². The molecule has 4 heteroatoms. The number of rotatable bonds is 9. The summed E-state index contributed by atoms with van der Waals surface area (Å²) in [4.78, 5) is 12.0. The second kappa shape index (κ2) is 9.23. The molecule has 20 heavy (non-hydrogen) atoms. The van der Waals surface area contributed by atoms with Gasteiger partial charge in [-0.05, 0) is 31.0 Å². The molecule has 0 aromatic heterocycles. The lowest BCUT2D eigenvalue weighted by molar-refractivity contribution is 0.0952. The van der Waals surface area contributed by atoms with Gasteiger partial charge in [0.2, 0.25) is 0 Å². The van der Waals surface area contributed by atoms with E-state index in [1.54, 1.807) is 18.2 Å². The third-order valence-corrected chi connectivity index (χ3v) is 3.10. The van der Waals surface area contributed by atoms with Crippen LogP contribution in [-0.4, -0.2) is 19.1 Å². The van der Waals surface area contributed by atoms with Crippen LogP contribution in [0.3, 0.4) is 0 Å². The van der Waals surface area contributed by atoms with Crippen LogP contribution < -0.4 is 15.8 Å². The number of nitrogen functional groups attached to an aromatic ring is 1. The summed E-state index contributed by atoms with van der Waals surface area (Å²) in [6.07, 6.45) is 5.34. The number of unbranched alkanes of at least 4 members (excludes halogenated alkanes) is 3. The standard InChI is InChI=1S/C16H26N2O2/c1-3-5-7-10-18-16(19)13-8-9-14(17)15(12-13)20-11-6-4-2/h8-9,12H,3-7,10-11,17H2,1-2H3,(H,18,19). The highest BCUT2D eigenvalue weighted by Gasteiger charge is 2.08. The summed E-state index contributed by atoms with van der Waals surface area (Å²) in [6, 6.07) is 5.18. The first-order chi connectivity index (χ1) is 9.69. The molecular weight excluding hydrogens is 252 g/mol. The van der Waals surface area contributed by atoms with Gasteiger partial charge in [-0.25, -0.2) is 0 Å². The first kappa shape index (κ1) is 16.3. The van der Waals surface area contributed by atoms with Gasteiger partial charge in [0.25, 0.3) is 5.91 Å². The van der Waals surface area contributed by atoms with Crippen LogP contribution in [0.25, 0.3) is 0 Å². The molecule has 4 nitrogen and oxygen atoms in total. The van der Waals surface area contributed by atoms with Gasteiger partial charge in [-0.1, -0.05) is 33.1 Å². The molecule has 0 spiro atoms. The third kappa shape index (κ3) is 5.51. The van der Waals surface area contributed by atoms with E-state index < -0.39 is 0 Å². The predicted octanol–water partition coefficient (Wildman–Crippen LogP) is 3.37. The summed E-state index contributed by atoms with van der Waals surface area (Å²) in [5, 5.41) is 2.91. The maximum absolute atomic E-state index is 12.0. The second-order valence-electron chi connectivity index (χ2n) is 4.92. The molecule has 1 amide bonds. The Balaban J connectivity index is 2.56. The van der Waals surface area contributed by atoms with Crippen LogP contribution in [0.15, 0.2) is 18.2 Å². The summed E-state index contributed by atoms with van der Waals surface area (Å²) in [5.41, 5.74) is 7.03. The van der Waals surface area contributed by atoms with Crippen molar-refractivity contribution in [3.05, 3.63) is 23.8 Å². The lowest BCUT2D eigenvalue weighted by Crippen LogP contribution is -2.24. The first-order valence-corrected chi connectivity index (χ1v) is 7.49. The number of benzene rings is 1. The number of nitrogens with one attached hydrogen (secondary N) is 1. The molecule has 0 fully saturated rings. The van der Waals surface area contributed by atoms with E-state index in [1.807, 2.05) is 0 Å². The highest BCUT2D eigenvalue weighted by atomic mass is 16.5. The zero-order valence-corrected chi connectivity index (χ0v) is 12.6. The van der Waals surface area contributed by atoms with Crippen molar-refractivity contribution in [3.8, 4) is 5.75 Å². The molecule has 0 atom stereocenters. The zero-order valence-electron chi connectivity index (χ0n) is 12.6. The summed E-state index contributed by atoms with van der Waals surface area (Å²) < 4.78 is 5.61. The van der Waals surface area contributed by atoms with Gasteiger partial charge in [0, 0.05) is 12.1 Å². The van der Waals surface area contributed by atoms with Crippen LogP contribution in [0.1, 0.15) is 56.3 Å². The number of ether oxygens (including phenoxy) is 1. The van der Waals surface area contributed by atoms with Gasteiger partial charge in [0.1, 0.15) is 5.75 Å². The molecule has 0 aliphatic carbocycles. The zero-order chi connectivity index (χ0) is 14.8. The highest BCUT2D eigenvalue weighted by Crippen LogP contribution is 2.23. The molecular formula is C16H26N2O2. The molecule has 0 bridgehead atoms. The van der Waals surface area contributed by atoms with E-state index in [0.29, 0.717) is 30.2 Å². The summed E-state index contributed by atoms with van der Waals surface area (Å²) >= 11 is 0. The van der Waals surface area contributed by atoms with Crippen molar-refractivity contribution >= 4 is 11.6 Å². The molecule has 0 aliphatic rings. The molecule has 0 radical (unpaired) electrons. The average molecular weight is 278 g/mol. The lowest BCUT2D eigenvalue weighted by atomic mass is 10.1. The van der Waals surface area contributed by atoms with Gasteiger partial charge >= 0.3 is 0 Å². The van der Waals surface area contributed by atoms with Crippen LogP contribution in [0.4, 0.5) is 5.69 Å². The van der Waals surface area contributed by atoms with Crippen molar-refractivity contribution in [2.24, 2.45) is 0 Å². The molecule has 112 valence electrons. The maximum atomic E-state index is 12.0. The molecule has 0 aliphatic heterocycles. The van der Waals surface area contributed by atoms with Gasteiger partial charge in [-0.3, -0.25) is 4.79 Å². The smallest absolute Gasteiger partial charge is 0.251 e. The van der Waals surface area contributed by atoms with E-state index in [0.717, 1.165) is 32.1 Å². The van der Waals surface area contributed by atoms with Crippen molar-refractivity contribution < 1.29 is 9.53 Å². The number of nitrogens with two attached hydrogens (primary N) is 1. The quantitative estimate of drug-likeness (QED) is 0.537. The Morgan fingerprint density at radius 1 is 1.20 bits per heavy atom. The van der Waals surface area contributed by atoms with E-state index in [2.05, 4.69) is 19.2 Å². The van der Waals surface area contributed by atoms with Gasteiger partial charge in [-0.15, -0.1) is 0 Å². The molecule has 1 aromatic rings. The van der Waals surface area contributed by atoms with E-state index in [1.165, 1.54) is 0 Å². The monoisotopic (exact) mass is 278 g/mol. The van der Waals surface area contributed by atoms with Gasteiger partial charge < -0.3 is 15.8 Å². The Morgan fingerprint density at radius 3 is 2.65 bits per heavy atom. The Bertz CT molecular complexity index is 419. The molecule has 3 N–H and O–H groups in total. The van der Waals surface area contributed by atoms with Crippen LogP contribution in [0, 0.1) is 0 Å². The Labute approximate surface area is 121 Å². The average Bonchev–Trinajstić information content (AvgIpc) is 2.45. The van der Waals surface area contributed by atoms with Crippen LogP contribution in [0.5, 0.6) is 5.75 Å². The fourth-order valence-electron chi connectivity index (χ4n) is 1.81. The number of hydrogen-bond acceptors (Lipinski definition) is 3. The van der Waals surface area contributed by atoms with E-state index in [4.69, 9.17) is 10.5 Å². The summed E-state index contributed by atoms with van der Waals surface area (Å²) in [6.45, 7) is 5.58. The SMILES string of the molecule is CCCCCNC(=O)c1ccc(N)c(OCCCC)c1. The number of carbonyl (C=O) groups is 1. The van der Waals surface area contributed by atoms with Crippen LogP contribution >= 0.6 is 0 Å². The number of anilines is 1. The Kier molecular flexibility index (Phi) is 7.55. The molecule has 0 saturated carbocycles. The van der Waals surface area contributed by atoms with E-state index in [9.17, 15) is 4.79 Å². The number of amides is 1. The van der Waals surface area contributed by atoms with E-state index in [-0.39, 0.29) is 5.91 Å². The number of hydrogen-bond donors (Lipinski definition) is 2. The van der Waals surface area contributed by atoms with Gasteiger partial charge in [0.15, 0.2) is 0 Å². The highest BCUT2D eigenvalue weighted by molar-refractivity contribution is 5.95. The van der Waals surface area contributed by atoms with Crippen molar-refractivity contribution in [1.82, 2.24) is 5.32 Å². The Hall–Kier alpha value is -1.71. The fraction of sp³-hybridized carbons (Fsp3) is 0.562. The van der Waals surface area contributed by atoms with Crippen LogP contribution in [0.2, 0.25) is 0 Å². The summed E-state index contributed by atoms with van der Waals surface area (Å²) in [7, 11) is 0. The maximum Gasteiger partial charge on any atom is 0.251 e. The van der Waals surface area contributed by atoms with Crippen molar-refractivity contribution in [3.63, 3.8) is 0 Å². The molecule has 1 rings (SSSR count). The normalized spacial score (nSPS) is 10.3. The van der Waals surface area contributed by atoms with Crippen molar-refractivity contribution in [2.75, 3.05) is 18.9 Å². The van der Waals surface area contributed by atoms with Crippen molar-refractivity contribution in [2.45, 2.75) is 46.0 Å². The largest absolute Gasteiger partial charge is 0.491 e. The minimum Gasteiger partial charge on any atom is -0.491 e. The Morgan fingerprint density at radius 2 is 1.95 bits per heavy atom. The predicted molar refractivity (Wildman–Crippen MR) is 83.1 cm³/mol. The molecule has 1 aromatic carbocycles. The summed E-state index contributed by atoms with van der Waals surface area (Å²) in [5.74, 6) is 0.529. The topological polar surface area (TPSA) is 64.4 Å². The number of carbonyl (C=O) groups excluding carboxylic acids is 1. The van der Waals surface area contributed by atoms with E-state index >= 15 is 0 Å². The van der Waals surface area contributed by atoms with Crippen molar-refractivity contribution in [1.29, 1.82) is 0 Å². The fourth-order valence-corrected chi connectivity index (χ4v) is 1.81. The first-order valence-electron chi connectivity index (χ1n) is 7.49. The second-order valence-corrected chi connectivity index (χ2v) is 4.92. The lowest BCUT2D eigenvalue weighted by Gasteiger charge is -2.10. The van der Waals surface area contributed by atoms with Gasteiger partial charge in [-0.2, -0.15) is 0 Å². The van der Waals surface area contributed by atoms with Crippen LogP contribution in [-0.2, 0) is 0 Å². The minimum absolute atomic E-state index is 0.0681. The minimum atomic E-state index is -0.0681. The molecule has 0 saturated heterocycles. The molecule has 0 heterocycles. The molecule has 0 unspecified atom stereocenters.